The lowest BCUT2D eigenvalue weighted by atomic mass is 9.95. The summed E-state index contributed by atoms with van der Waals surface area (Å²) in [4.78, 5) is 13.0. The average molecular weight is 339 g/mol. The van der Waals surface area contributed by atoms with Crippen LogP contribution in [-0.4, -0.2) is 32.3 Å². The summed E-state index contributed by atoms with van der Waals surface area (Å²) in [6.45, 7) is 1.87. The lowest BCUT2D eigenvalue weighted by Gasteiger charge is -2.29. The van der Waals surface area contributed by atoms with Crippen molar-refractivity contribution in [3.63, 3.8) is 0 Å². The molecule has 0 radical (unpaired) electrons. The Kier molecular flexibility index (Phi) is 4.21. The SMILES string of the molecule is CC1=C(C(=O)OC2CCCCC2)[C@@H](c2ccccc2)n2nnnc2N1. The predicted molar refractivity (Wildman–Crippen MR) is 91.7 cm³/mol. The summed E-state index contributed by atoms with van der Waals surface area (Å²) in [6, 6.07) is 9.40. The highest BCUT2D eigenvalue weighted by Crippen LogP contribution is 2.35. The van der Waals surface area contributed by atoms with E-state index in [4.69, 9.17) is 4.74 Å². The van der Waals surface area contributed by atoms with Gasteiger partial charge in [-0.25, -0.2) is 4.79 Å². The number of anilines is 1. The summed E-state index contributed by atoms with van der Waals surface area (Å²) >= 11 is 0. The molecule has 0 amide bonds. The fourth-order valence-corrected chi connectivity index (χ4v) is 3.62. The molecule has 1 aromatic heterocycles. The summed E-state index contributed by atoms with van der Waals surface area (Å²) in [5.74, 6) is 0.243. The van der Waals surface area contributed by atoms with E-state index >= 15 is 0 Å². The molecule has 1 atom stereocenters. The van der Waals surface area contributed by atoms with Crippen LogP contribution in [0.25, 0.3) is 0 Å². The Morgan fingerprint density at radius 1 is 1.20 bits per heavy atom. The lowest BCUT2D eigenvalue weighted by molar-refractivity contribution is -0.146. The van der Waals surface area contributed by atoms with Gasteiger partial charge in [-0.3, -0.25) is 0 Å². The van der Waals surface area contributed by atoms with E-state index in [1.54, 1.807) is 4.68 Å². The maximum atomic E-state index is 13.0. The van der Waals surface area contributed by atoms with Gasteiger partial charge in [-0.15, -0.1) is 0 Å². The molecule has 1 saturated carbocycles. The molecule has 2 aromatic rings. The van der Waals surface area contributed by atoms with Gasteiger partial charge in [0, 0.05) is 5.70 Å². The van der Waals surface area contributed by atoms with E-state index in [0.717, 1.165) is 36.9 Å². The molecular weight excluding hydrogens is 318 g/mol. The Balaban J connectivity index is 1.69. The Bertz CT molecular complexity index is 793. The van der Waals surface area contributed by atoms with E-state index in [9.17, 15) is 4.79 Å². The monoisotopic (exact) mass is 339 g/mol. The Morgan fingerprint density at radius 2 is 1.96 bits per heavy atom. The number of esters is 1. The third kappa shape index (κ3) is 3.01. The molecule has 1 N–H and O–H groups in total. The first-order valence-electron chi connectivity index (χ1n) is 8.75. The number of tetrazole rings is 1. The van der Waals surface area contributed by atoms with E-state index in [2.05, 4.69) is 20.8 Å². The van der Waals surface area contributed by atoms with E-state index in [-0.39, 0.29) is 18.1 Å². The zero-order valence-electron chi connectivity index (χ0n) is 14.2. The molecule has 1 aliphatic carbocycles. The summed E-state index contributed by atoms with van der Waals surface area (Å²) in [6.07, 6.45) is 5.35. The number of allylic oxidation sites excluding steroid dienone is 1. The number of nitrogens with one attached hydrogen (secondary N) is 1. The molecule has 0 unspecified atom stereocenters. The normalized spacial score (nSPS) is 20.8. The van der Waals surface area contributed by atoms with E-state index < -0.39 is 0 Å². The van der Waals surface area contributed by atoms with Gasteiger partial charge in [0.05, 0.1) is 5.57 Å². The molecule has 0 saturated heterocycles. The molecule has 2 heterocycles. The predicted octanol–water partition coefficient (Wildman–Crippen LogP) is 2.84. The smallest absolute Gasteiger partial charge is 0.338 e. The lowest BCUT2D eigenvalue weighted by Crippen LogP contribution is -2.32. The van der Waals surface area contributed by atoms with Crippen molar-refractivity contribution in [2.45, 2.75) is 51.2 Å². The summed E-state index contributed by atoms with van der Waals surface area (Å²) in [5.41, 5.74) is 2.25. The number of fused-ring (bicyclic) bond motifs is 1. The number of ether oxygens (including phenoxy) is 1. The number of hydrogen-bond donors (Lipinski definition) is 1. The van der Waals surface area contributed by atoms with Crippen LogP contribution in [0.2, 0.25) is 0 Å². The van der Waals surface area contributed by atoms with Crippen LogP contribution in [0.1, 0.15) is 50.6 Å². The van der Waals surface area contributed by atoms with Crippen LogP contribution in [0.3, 0.4) is 0 Å². The van der Waals surface area contributed by atoms with Gasteiger partial charge in [0.2, 0.25) is 5.95 Å². The molecular formula is C18H21N5O2. The van der Waals surface area contributed by atoms with Crippen LogP contribution in [0.4, 0.5) is 5.95 Å². The second kappa shape index (κ2) is 6.66. The zero-order valence-corrected chi connectivity index (χ0v) is 14.2. The number of rotatable bonds is 3. The number of aromatic nitrogens is 4. The maximum absolute atomic E-state index is 13.0. The molecule has 7 nitrogen and oxygen atoms in total. The third-order valence-corrected chi connectivity index (χ3v) is 4.88. The quantitative estimate of drug-likeness (QED) is 0.866. The van der Waals surface area contributed by atoms with Gasteiger partial charge in [-0.05, 0) is 48.6 Å². The topological polar surface area (TPSA) is 81.9 Å². The van der Waals surface area contributed by atoms with Crippen molar-refractivity contribution in [3.05, 3.63) is 47.2 Å². The number of carbonyl (C=O) groups is 1. The van der Waals surface area contributed by atoms with Crippen LogP contribution >= 0.6 is 0 Å². The second-order valence-electron chi connectivity index (χ2n) is 6.59. The molecule has 130 valence electrons. The molecule has 25 heavy (non-hydrogen) atoms. The van der Waals surface area contributed by atoms with Gasteiger partial charge in [0.15, 0.2) is 0 Å². The van der Waals surface area contributed by atoms with Gasteiger partial charge in [-0.2, -0.15) is 4.68 Å². The Labute approximate surface area is 146 Å². The van der Waals surface area contributed by atoms with Crippen LogP contribution in [0, 0.1) is 0 Å². The van der Waals surface area contributed by atoms with E-state index in [1.165, 1.54) is 6.42 Å². The van der Waals surface area contributed by atoms with Crippen molar-refractivity contribution in [1.29, 1.82) is 0 Å². The Morgan fingerprint density at radius 3 is 2.72 bits per heavy atom. The standard InChI is InChI=1S/C18H21N5O2/c1-12-15(17(24)25-14-10-6-3-7-11-14)16(13-8-4-2-5-9-13)23-18(19-12)20-21-22-23/h2,4-5,8-9,14,16H,3,6-7,10-11H2,1H3,(H,19,20,22)/t16-/m1/s1. The fraction of sp³-hybridized carbons (Fsp3) is 0.444. The minimum atomic E-state index is -0.386. The number of benzene rings is 1. The van der Waals surface area contributed by atoms with E-state index in [1.807, 2.05) is 37.3 Å². The highest BCUT2D eigenvalue weighted by atomic mass is 16.5. The van der Waals surface area contributed by atoms with Crippen molar-refractivity contribution in [3.8, 4) is 0 Å². The first-order valence-corrected chi connectivity index (χ1v) is 8.75. The number of hydrogen-bond acceptors (Lipinski definition) is 6. The van der Waals surface area contributed by atoms with Crippen molar-refractivity contribution in [2.24, 2.45) is 0 Å². The molecule has 4 rings (SSSR count). The van der Waals surface area contributed by atoms with Gasteiger partial charge >= 0.3 is 5.97 Å². The molecule has 1 aromatic carbocycles. The van der Waals surface area contributed by atoms with Gasteiger partial charge in [0.1, 0.15) is 12.1 Å². The first-order chi connectivity index (χ1) is 12.2. The average Bonchev–Trinajstić information content (AvgIpc) is 3.10. The van der Waals surface area contributed by atoms with Crippen LogP contribution in [-0.2, 0) is 9.53 Å². The van der Waals surface area contributed by atoms with Crippen molar-refractivity contribution >= 4 is 11.9 Å². The summed E-state index contributed by atoms with van der Waals surface area (Å²) < 4.78 is 7.46. The molecule has 0 spiro atoms. The second-order valence-corrected chi connectivity index (χ2v) is 6.59. The fourth-order valence-electron chi connectivity index (χ4n) is 3.62. The molecule has 0 bridgehead atoms. The number of carbonyl (C=O) groups excluding carboxylic acids is 1. The van der Waals surface area contributed by atoms with Gasteiger partial charge in [-0.1, -0.05) is 41.9 Å². The molecule has 1 aliphatic heterocycles. The summed E-state index contributed by atoms with van der Waals surface area (Å²) in [5, 5.41) is 14.9. The highest BCUT2D eigenvalue weighted by molar-refractivity contribution is 5.92. The maximum Gasteiger partial charge on any atom is 0.338 e. The minimum Gasteiger partial charge on any atom is -0.459 e. The highest BCUT2D eigenvalue weighted by Gasteiger charge is 2.35. The first kappa shape index (κ1) is 15.8. The van der Waals surface area contributed by atoms with Crippen molar-refractivity contribution in [1.82, 2.24) is 20.2 Å². The number of nitrogens with zero attached hydrogens (tertiary/aromatic N) is 4. The largest absolute Gasteiger partial charge is 0.459 e. The van der Waals surface area contributed by atoms with Crippen molar-refractivity contribution < 1.29 is 9.53 Å². The Hall–Kier alpha value is -2.70. The molecule has 1 fully saturated rings. The van der Waals surface area contributed by atoms with Gasteiger partial charge < -0.3 is 10.1 Å². The third-order valence-electron chi connectivity index (χ3n) is 4.88. The zero-order chi connectivity index (χ0) is 17.2. The minimum absolute atomic E-state index is 0.00763. The molecule has 7 heteroatoms. The van der Waals surface area contributed by atoms with E-state index in [0.29, 0.717) is 11.5 Å². The van der Waals surface area contributed by atoms with Crippen LogP contribution in [0.15, 0.2) is 41.6 Å². The van der Waals surface area contributed by atoms with Gasteiger partial charge in [0.25, 0.3) is 0 Å². The summed E-state index contributed by atoms with van der Waals surface area (Å²) in [7, 11) is 0. The van der Waals surface area contributed by atoms with Crippen molar-refractivity contribution in [2.75, 3.05) is 5.32 Å². The molecule has 2 aliphatic rings. The van der Waals surface area contributed by atoms with Crippen LogP contribution in [0.5, 0.6) is 0 Å². The van der Waals surface area contributed by atoms with Crippen LogP contribution < -0.4 is 5.32 Å².